The lowest BCUT2D eigenvalue weighted by atomic mass is 9.93. The minimum atomic E-state index is 0. The van der Waals surface area contributed by atoms with E-state index in [4.69, 9.17) is 9.15 Å². The van der Waals surface area contributed by atoms with Gasteiger partial charge < -0.3 is 19.8 Å². The third-order valence-corrected chi connectivity index (χ3v) is 3.95. The molecular formula is C17H30IN3O2. The SMILES string of the molecule is CN=C(NCCc1ccco1)NC1CCC(OC(C)C)CC1.I. The van der Waals surface area contributed by atoms with Crippen LogP contribution < -0.4 is 10.6 Å². The Bertz CT molecular complexity index is 441. The molecule has 2 N–H and O–H groups in total. The summed E-state index contributed by atoms with van der Waals surface area (Å²) in [5.74, 6) is 1.87. The lowest BCUT2D eigenvalue weighted by Crippen LogP contribution is -2.46. The molecule has 1 aliphatic carbocycles. The second-order valence-electron chi connectivity index (χ2n) is 6.13. The molecule has 0 spiro atoms. The zero-order valence-electron chi connectivity index (χ0n) is 14.4. The maximum absolute atomic E-state index is 5.89. The molecule has 1 saturated carbocycles. The number of hydrogen-bond donors (Lipinski definition) is 2. The molecule has 0 aliphatic heterocycles. The average Bonchev–Trinajstić information content (AvgIpc) is 3.01. The monoisotopic (exact) mass is 435 g/mol. The van der Waals surface area contributed by atoms with Gasteiger partial charge in [0.05, 0.1) is 18.5 Å². The van der Waals surface area contributed by atoms with Crippen molar-refractivity contribution < 1.29 is 9.15 Å². The highest BCUT2D eigenvalue weighted by molar-refractivity contribution is 14.0. The number of nitrogens with zero attached hydrogens (tertiary/aromatic N) is 1. The number of aliphatic imine (C=N–C) groups is 1. The number of ether oxygens (including phenoxy) is 1. The molecule has 5 nitrogen and oxygen atoms in total. The lowest BCUT2D eigenvalue weighted by molar-refractivity contribution is -0.0152. The van der Waals surface area contributed by atoms with Gasteiger partial charge >= 0.3 is 0 Å². The van der Waals surface area contributed by atoms with E-state index in [1.807, 2.05) is 19.2 Å². The Morgan fingerprint density at radius 3 is 2.65 bits per heavy atom. The summed E-state index contributed by atoms with van der Waals surface area (Å²) in [6, 6.07) is 4.40. The number of halogens is 1. The molecule has 1 heterocycles. The van der Waals surface area contributed by atoms with E-state index in [0.717, 1.165) is 50.4 Å². The molecule has 0 amide bonds. The maximum atomic E-state index is 5.89. The first-order chi connectivity index (χ1) is 10.7. The molecule has 0 bridgehead atoms. The number of guanidine groups is 1. The van der Waals surface area contributed by atoms with Crippen LogP contribution in [0.3, 0.4) is 0 Å². The van der Waals surface area contributed by atoms with Crippen LogP contribution in [0.4, 0.5) is 0 Å². The predicted molar refractivity (Wildman–Crippen MR) is 105 cm³/mol. The van der Waals surface area contributed by atoms with E-state index in [0.29, 0.717) is 18.2 Å². The van der Waals surface area contributed by atoms with Crippen LogP contribution in [0.25, 0.3) is 0 Å². The Morgan fingerprint density at radius 1 is 1.35 bits per heavy atom. The van der Waals surface area contributed by atoms with Gasteiger partial charge in [0, 0.05) is 26.1 Å². The summed E-state index contributed by atoms with van der Waals surface area (Å²) in [4.78, 5) is 4.30. The van der Waals surface area contributed by atoms with Crippen LogP contribution in [0.15, 0.2) is 27.8 Å². The summed E-state index contributed by atoms with van der Waals surface area (Å²) in [5.41, 5.74) is 0. The molecule has 0 atom stereocenters. The van der Waals surface area contributed by atoms with Gasteiger partial charge in [0.15, 0.2) is 5.96 Å². The first-order valence-corrected chi connectivity index (χ1v) is 8.32. The number of furan rings is 1. The molecule has 0 unspecified atom stereocenters. The van der Waals surface area contributed by atoms with Crippen molar-refractivity contribution in [3.8, 4) is 0 Å². The van der Waals surface area contributed by atoms with Crippen LogP contribution in [-0.4, -0.2) is 37.8 Å². The third kappa shape index (κ3) is 7.56. The van der Waals surface area contributed by atoms with Crippen LogP contribution in [0, 0.1) is 0 Å². The smallest absolute Gasteiger partial charge is 0.191 e. The topological polar surface area (TPSA) is 58.8 Å². The van der Waals surface area contributed by atoms with Crippen LogP contribution in [-0.2, 0) is 11.2 Å². The van der Waals surface area contributed by atoms with Crippen molar-refractivity contribution in [2.45, 2.75) is 64.2 Å². The van der Waals surface area contributed by atoms with Crippen LogP contribution in [0.2, 0.25) is 0 Å². The van der Waals surface area contributed by atoms with Crippen LogP contribution in [0.1, 0.15) is 45.3 Å². The van der Waals surface area contributed by atoms with Crippen LogP contribution >= 0.6 is 24.0 Å². The minimum Gasteiger partial charge on any atom is -0.469 e. The fourth-order valence-electron chi connectivity index (χ4n) is 2.88. The number of hydrogen-bond acceptors (Lipinski definition) is 3. The van der Waals surface area contributed by atoms with E-state index < -0.39 is 0 Å². The summed E-state index contributed by atoms with van der Waals surface area (Å²) in [5, 5.41) is 6.86. The first-order valence-electron chi connectivity index (χ1n) is 8.32. The van der Waals surface area contributed by atoms with Crippen molar-refractivity contribution in [1.29, 1.82) is 0 Å². The zero-order valence-corrected chi connectivity index (χ0v) is 16.7. The zero-order chi connectivity index (χ0) is 15.8. The molecule has 1 aromatic rings. The highest BCUT2D eigenvalue weighted by atomic mass is 127. The molecule has 1 aliphatic rings. The minimum absolute atomic E-state index is 0. The highest BCUT2D eigenvalue weighted by Gasteiger charge is 2.22. The van der Waals surface area contributed by atoms with E-state index in [1.165, 1.54) is 0 Å². The van der Waals surface area contributed by atoms with Gasteiger partial charge in [-0.1, -0.05) is 0 Å². The van der Waals surface area contributed by atoms with Gasteiger partial charge in [0.25, 0.3) is 0 Å². The normalized spacial score (nSPS) is 21.8. The summed E-state index contributed by atoms with van der Waals surface area (Å²) in [7, 11) is 1.82. The predicted octanol–water partition coefficient (Wildman–Crippen LogP) is 3.34. The van der Waals surface area contributed by atoms with Crippen molar-refractivity contribution in [1.82, 2.24) is 10.6 Å². The molecular weight excluding hydrogens is 405 g/mol. The molecule has 0 radical (unpaired) electrons. The van der Waals surface area contributed by atoms with Gasteiger partial charge in [-0.2, -0.15) is 0 Å². The second kappa shape index (κ2) is 10.9. The van der Waals surface area contributed by atoms with Gasteiger partial charge in [0.2, 0.25) is 0 Å². The number of rotatable bonds is 6. The quantitative estimate of drug-likeness (QED) is 0.409. The fraction of sp³-hybridized carbons (Fsp3) is 0.706. The summed E-state index contributed by atoms with van der Waals surface area (Å²) in [6.07, 6.45) is 7.84. The summed E-state index contributed by atoms with van der Waals surface area (Å²) < 4.78 is 11.2. The fourth-order valence-corrected chi connectivity index (χ4v) is 2.88. The Balaban J connectivity index is 0.00000264. The molecule has 23 heavy (non-hydrogen) atoms. The second-order valence-corrected chi connectivity index (χ2v) is 6.13. The Hall–Kier alpha value is -0.760. The van der Waals surface area contributed by atoms with Gasteiger partial charge in [-0.05, 0) is 51.7 Å². The molecule has 1 aromatic heterocycles. The highest BCUT2D eigenvalue weighted by Crippen LogP contribution is 2.22. The van der Waals surface area contributed by atoms with Gasteiger partial charge in [-0.3, -0.25) is 4.99 Å². The van der Waals surface area contributed by atoms with Crippen molar-refractivity contribution in [3.05, 3.63) is 24.2 Å². The summed E-state index contributed by atoms with van der Waals surface area (Å²) >= 11 is 0. The van der Waals surface area contributed by atoms with E-state index in [2.05, 4.69) is 29.5 Å². The molecule has 132 valence electrons. The summed E-state index contributed by atoms with van der Waals surface area (Å²) in [6.45, 7) is 5.03. The van der Waals surface area contributed by atoms with E-state index in [9.17, 15) is 0 Å². The first kappa shape index (κ1) is 20.3. The lowest BCUT2D eigenvalue weighted by Gasteiger charge is -2.31. The van der Waals surface area contributed by atoms with Crippen molar-refractivity contribution in [2.75, 3.05) is 13.6 Å². The van der Waals surface area contributed by atoms with E-state index in [-0.39, 0.29) is 24.0 Å². The van der Waals surface area contributed by atoms with E-state index >= 15 is 0 Å². The van der Waals surface area contributed by atoms with Crippen LogP contribution in [0.5, 0.6) is 0 Å². The van der Waals surface area contributed by atoms with Crippen molar-refractivity contribution in [2.24, 2.45) is 4.99 Å². The van der Waals surface area contributed by atoms with Crippen molar-refractivity contribution in [3.63, 3.8) is 0 Å². The Kier molecular flexibility index (Phi) is 9.62. The average molecular weight is 435 g/mol. The standard InChI is InChI=1S/C17H29N3O2.HI/c1-13(2)22-16-8-6-14(7-9-16)20-17(18-3)19-11-10-15-5-4-12-21-15;/h4-5,12-14,16H,6-11H2,1-3H3,(H2,18,19,20);1H. The van der Waals surface area contributed by atoms with E-state index in [1.54, 1.807) is 6.26 Å². The Morgan fingerprint density at radius 2 is 2.09 bits per heavy atom. The molecule has 1 fully saturated rings. The molecule has 0 aromatic carbocycles. The van der Waals surface area contributed by atoms with Gasteiger partial charge in [0.1, 0.15) is 5.76 Å². The Labute approximate surface area is 156 Å². The molecule has 6 heteroatoms. The maximum Gasteiger partial charge on any atom is 0.191 e. The number of nitrogens with one attached hydrogen (secondary N) is 2. The van der Waals surface area contributed by atoms with Crippen molar-refractivity contribution >= 4 is 29.9 Å². The van der Waals surface area contributed by atoms with Gasteiger partial charge in [-0.25, -0.2) is 0 Å². The largest absolute Gasteiger partial charge is 0.469 e. The third-order valence-electron chi connectivity index (χ3n) is 3.95. The molecule has 0 saturated heterocycles. The van der Waals surface area contributed by atoms with Gasteiger partial charge in [-0.15, -0.1) is 24.0 Å². The molecule has 2 rings (SSSR count).